The van der Waals surface area contributed by atoms with E-state index in [0.29, 0.717) is 0 Å². The number of fused-ring (bicyclic) bond motifs is 1. The van der Waals surface area contributed by atoms with E-state index in [1.807, 2.05) is 12.1 Å². The van der Waals surface area contributed by atoms with Gasteiger partial charge in [-0.25, -0.2) is 0 Å². The van der Waals surface area contributed by atoms with Crippen LogP contribution < -0.4 is 10.1 Å². The summed E-state index contributed by atoms with van der Waals surface area (Å²) in [5, 5.41) is 4.14. The Hall–Kier alpha value is -0.730. The minimum absolute atomic E-state index is 0.0449. The maximum Gasteiger partial charge on any atom is 0.141 e. The Bertz CT molecular complexity index is 399. The third kappa shape index (κ3) is 1.70. The van der Waals surface area contributed by atoms with Gasteiger partial charge in [-0.2, -0.15) is 0 Å². The lowest BCUT2D eigenvalue weighted by Gasteiger charge is -2.41. The lowest BCUT2D eigenvalue weighted by atomic mass is 9.84. The summed E-state index contributed by atoms with van der Waals surface area (Å²) in [6.07, 6.45) is 4.41. The minimum Gasteiger partial charge on any atom is -0.485 e. The zero-order valence-electron chi connectivity index (χ0n) is 9.26. The standard InChI is InChI=1S/C13H16ClNO/c14-11-3-1-2-10-4-5-13(16-12(10)11)6-8-15-9-7-13/h1-3,15H,4-9H2. The maximum atomic E-state index is 6.22. The Kier molecular flexibility index (Phi) is 2.56. The van der Waals surface area contributed by atoms with Gasteiger partial charge in [-0.3, -0.25) is 0 Å². The summed E-state index contributed by atoms with van der Waals surface area (Å²) >= 11 is 6.20. The molecule has 3 rings (SSSR count). The largest absolute Gasteiger partial charge is 0.485 e. The minimum atomic E-state index is 0.0449. The summed E-state index contributed by atoms with van der Waals surface area (Å²) in [5.41, 5.74) is 1.31. The van der Waals surface area contributed by atoms with Gasteiger partial charge < -0.3 is 10.1 Å². The number of benzene rings is 1. The van der Waals surface area contributed by atoms with Gasteiger partial charge in [0.25, 0.3) is 0 Å². The van der Waals surface area contributed by atoms with Crippen molar-refractivity contribution in [2.75, 3.05) is 13.1 Å². The first-order valence-electron chi connectivity index (χ1n) is 5.96. The second-order valence-corrected chi connectivity index (χ2v) is 5.17. The van der Waals surface area contributed by atoms with Gasteiger partial charge >= 0.3 is 0 Å². The van der Waals surface area contributed by atoms with Gasteiger partial charge in [0.2, 0.25) is 0 Å². The smallest absolute Gasteiger partial charge is 0.141 e. The Morgan fingerprint density at radius 1 is 1.19 bits per heavy atom. The number of hydrogen-bond acceptors (Lipinski definition) is 2. The van der Waals surface area contributed by atoms with Crippen LogP contribution in [0.1, 0.15) is 24.8 Å². The molecule has 0 aliphatic carbocycles. The van der Waals surface area contributed by atoms with Crippen molar-refractivity contribution in [3.8, 4) is 5.75 Å². The van der Waals surface area contributed by atoms with Gasteiger partial charge in [0.15, 0.2) is 0 Å². The third-order valence-electron chi connectivity index (χ3n) is 3.73. The molecule has 0 atom stereocenters. The fourth-order valence-electron chi connectivity index (χ4n) is 2.73. The van der Waals surface area contributed by atoms with E-state index in [1.165, 1.54) is 5.56 Å². The van der Waals surface area contributed by atoms with E-state index < -0.39 is 0 Å². The monoisotopic (exact) mass is 237 g/mol. The molecular formula is C13H16ClNO. The molecule has 2 aliphatic heterocycles. The van der Waals surface area contributed by atoms with Crippen LogP contribution in [0.4, 0.5) is 0 Å². The molecule has 1 saturated heterocycles. The van der Waals surface area contributed by atoms with E-state index in [1.54, 1.807) is 0 Å². The second kappa shape index (κ2) is 3.94. The molecule has 1 fully saturated rings. The van der Waals surface area contributed by atoms with Crippen molar-refractivity contribution < 1.29 is 4.74 Å². The van der Waals surface area contributed by atoms with Gasteiger partial charge in [-0.05, 0) is 50.4 Å². The topological polar surface area (TPSA) is 21.3 Å². The van der Waals surface area contributed by atoms with Crippen LogP contribution in [0.2, 0.25) is 5.02 Å². The van der Waals surface area contributed by atoms with E-state index in [0.717, 1.165) is 49.5 Å². The Morgan fingerprint density at radius 3 is 2.81 bits per heavy atom. The Labute approximate surface area is 101 Å². The average molecular weight is 238 g/mol. The number of aryl methyl sites for hydroxylation is 1. The van der Waals surface area contributed by atoms with Crippen LogP contribution in [0.3, 0.4) is 0 Å². The molecule has 0 bridgehead atoms. The van der Waals surface area contributed by atoms with Crippen molar-refractivity contribution in [1.29, 1.82) is 0 Å². The van der Waals surface area contributed by atoms with Crippen molar-refractivity contribution in [3.63, 3.8) is 0 Å². The molecule has 2 aliphatic rings. The van der Waals surface area contributed by atoms with Crippen molar-refractivity contribution >= 4 is 11.6 Å². The number of para-hydroxylation sites is 1. The normalized spacial score (nSPS) is 22.6. The fraction of sp³-hybridized carbons (Fsp3) is 0.538. The highest BCUT2D eigenvalue weighted by atomic mass is 35.5. The van der Waals surface area contributed by atoms with E-state index in [4.69, 9.17) is 16.3 Å². The molecule has 1 spiro atoms. The molecule has 0 amide bonds. The van der Waals surface area contributed by atoms with E-state index >= 15 is 0 Å². The van der Waals surface area contributed by atoms with Crippen molar-refractivity contribution in [1.82, 2.24) is 5.32 Å². The van der Waals surface area contributed by atoms with Crippen molar-refractivity contribution in [2.24, 2.45) is 0 Å². The molecule has 1 aromatic rings. The predicted molar refractivity (Wildman–Crippen MR) is 65.2 cm³/mol. The van der Waals surface area contributed by atoms with E-state index in [-0.39, 0.29) is 5.60 Å². The highest BCUT2D eigenvalue weighted by molar-refractivity contribution is 6.32. The van der Waals surface area contributed by atoms with Gasteiger partial charge in [0.05, 0.1) is 5.02 Å². The van der Waals surface area contributed by atoms with Gasteiger partial charge in [-0.1, -0.05) is 23.7 Å². The fourth-order valence-corrected chi connectivity index (χ4v) is 2.96. The van der Waals surface area contributed by atoms with E-state index in [2.05, 4.69) is 11.4 Å². The summed E-state index contributed by atoms with van der Waals surface area (Å²) in [4.78, 5) is 0. The van der Waals surface area contributed by atoms with Crippen LogP contribution in [-0.4, -0.2) is 18.7 Å². The molecule has 2 heterocycles. The highest BCUT2D eigenvalue weighted by Gasteiger charge is 2.37. The van der Waals surface area contributed by atoms with Crippen molar-refractivity contribution in [3.05, 3.63) is 28.8 Å². The number of nitrogens with one attached hydrogen (secondary N) is 1. The number of hydrogen-bond donors (Lipinski definition) is 1. The zero-order chi connectivity index (χ0) is 11.0. The molecule has 1 aromatic carbocycles. The van der Waals surface area contributed by atoms with Gasteiger partial charge in [-0.15, -0.1) is 0 Å². The second-order valence-electron chi connectivity index (χ2n) is 4.76. The first-order chi connectivity index (χ1) is 7.79. The number of halogens is 1. The predicted octanol–water partition coefficient (Wildman–Crippen LogP) is 2.79. The molecule has 0 saturated carbocycles. The number of ether oxygens (including phenoxy) is 1. The molecule has 3 heteroatoms. The molecule has 1 N–H and O–H groups in total. The van der Waals surface area contributed by atoms with Gasteiger partial charge in [0, 0.05) is 0 Å². The quantitative estimate of drug-likeness (QED) is 0.749. The van der Waals surface area contributed by atoms with Crippen molar-refractivity contribution in [2.45, 2.75) is 31.3 Å². The Balaban J connectivity index is 1.92. The summed E-state index contributed by atoms with van der Waals surface area (Å²) in [6.45, 7) is 2.11. The van der Waals surface area contributed by atoms with Crippen LogP contribution in [0.15, 0.2) is 18.2 Å². The molecule has 2 nitrogen and oxygen atoms in total. The third-order valence-corrected chi connectivity index (χ3v) is 4.03. The summed E-state index contributed by atoms with van der Waals surface area (Å²) in [5.74, 6) is 0.928. The molecule has 0 radical (unpaired) electrons. The summed E-state index contributed by atoms with van der Waals surface area (Å²) in [6, 6.07) is 6.04. The average Bonchev–Trinajstić information content (AvgIpc) is 2.32. The van der Waals surface area contributed by atoms with Crippen LogP contribution in [0.25, 0.3) is 0 Å². The zero-order valence-corrected chi connectivity index (χ0v) is 10.0. The Morgan fingerprint density at radius 2 is 2.00 bits per heavy atom. The summed E-state index contributed by atoms with van der Waals surface area (Å²) < 4.78 is 6.22. The molecule has 0 unspecified atom stereocenters. The highest BCUT2D eigenvalue weighted by Crippen LogP contribution is 2.41. The first-order valence-corrected chi connectivity index (χ1v) is 6.34. The lowest BCUT2D eigenvalue weighted by Crippen LogP contribution is -2.48. The van der Waals surface area contributed by atoms with Crippen LogP contribution in [-0.2, 0) is 6.42 Å². The molecule has 16 heavy (non-hydrogen) atoms. The lowest BCUT2D eigenvalue weighted by molar-refractivity contribution is 0.0171. The SMILES string of the molecule is Clc1cccc2c1OC1(CCNCC1)CC2. The number of rotatable bonds is 0. The van der Waals surface area contributed by atoms with Crippen LogP contribution in [0.5, 0.6) is 5.75 Å². The molecular weight excluding hydrogens is 222 g/mol. The molecule has 86 valence electrons. The van der Waals surface area contributed by atoms with Crippen LogP contribution in [0, 0.1) is 0 Å². The first kappa shape index (κ1) is 10.4. The maximum absolute atomic E-state index is 6.22. The van der Waals surface area contributed by atoms with Gasteiger partial charge in [0.1, 0.15) is 11.4 Å². The molecule has 0 aromatic heterocycles. The summed E-state index contributed by atoms with van der Waals surface area (Å²) in [7, 11) is 0. The van der Waals surface area contributed by atoms with Crippen LogP contribution >= 0.6 is 11.6 Å². The van der Waals surface area contributed by atoms with E-state index in [9.17, 15) is 0 Å². The number of piperidine rings is 1.